The molecule has 2 N–H and O–H groups in total. The third kappa shape index (κ3) is 7.17. The number of piperidine rings is 1. The maximum absolute atomic E-state index is 12.5. The second-order valence-corrected chi connectivity index (χ2v) is 8.49. The molecule has 160 valence electrons. The van der Waals surface area contributed by atoms with Crippen molar-refractivity contribution in [2.45, 2.75) is 72.9 Å². The molecule has 0 aliphatic carbocycles. The molecule has 0 aromatic carbocycles. The molecule has 28 heavy (non-hydrogen) atoms. The van der Waals surface area contributed by atoms with Gasteiger partial charge in [-0.25, -0.2) is 9.98 Å². The van der Waals surface area contributed by atoms with E-state index in [1.165, 1.54) is 4.88 Å². The Hall–Kier alpha value is -0.900. The van der Waals surface area contributed by atoms with E-state index >= 15 is 0 Å². The minimum atomic E-state index is 0. The van der Waals surface area contributed by atoms with Crippen molar-refractivity contribution in [3.8, 4) is 0 Å². The van der Waals surface area contributed by atoms with Crippen LogP contribution >= 0.6 is 35.3 Å². The number of aromatic nitrogens is 1. The number of rotatable bonds is 7. The number of carbonyl (C=O) groups is 1. The normalized spacial score (nSPS) is 15.5. The van der Waals surface area contributed by atoms with E-state index in [4.69, 9.17) is 4.99 Å². The molecule has 8 heteroatoms. The predicted octanol–water partition coefficient (Wildman–Crippen LogP) is 3.86. The van der Waals surface area contributed by atoms with Gasteiger partial charge < -0.3 is 15.5 Å². The zero-order valence-corrected chi connectivity index (χ0v) is 21.0. The number of halogens is 1. The molecule has 1 aromatic heterocycles. The van der Waals surface area contributed by atoms with Gasteiger partial charge in [0, 0.05) is 36.5 Å². The molecule has 0 bridgehead atoms. The van der Waals surface area contributed by atoms with Crippen LogP contribution in [0.2, 0.25) is 0 Å². The summed E-state index contributed by atoms with van der Waals surface area (Å²) in [5.41, 5.74) is 1.10. The number of nitrogens with zero attached hydrogens (tertiary/aromatic N) is 3. The molecule has 0 saturated carbocycles. The smallest absolute Gasteiger partial charge is 0.225 e. The average Bonchev–Trinajstić information content (AvgIpc) is 2.99. The van der Waals surface area contributed by atoms with Gasteiger partial charge in [0.15, 0.2) is 5.96 Å². The van der Waals surface area contributed by atoms with E-state index in [1.54, 1.807) is 11.3 Å². The maximum atomic E-state index is 12.5. The molecule has 0 spiro atoms. The van der Waals surface area contributed by atoms with Gasteiger partial charge in [-0.05, 0) is 46.5 Å². The van der Waals surface area contributed by atoms with Crippen LogP contribution in [0.5, 0.6) is 0 Å². The standard InChI is InChI=1S/C20H35N5OS.HI/c1-6-16(7-2)19(26)25-11-9-17(10-12-25)24-20(21-8-3)22-13-18-23-14(4)15(5)27-18;/h16-17H,6-13H2,1-5H3,(H2,21,22,24);1H. The molecular formula is C20H36IN5OS. The molecule has 1 amide bonds. The van der Waals surface area contributed by atoms with Gasteiger partial charge in [0.2, 0.25) is 5.91 Å². The summed E-state index contributed by atoms with van der Waals surface area (Å²) in [5.74, 6) is 1.35. The minimum Gasteiger partial charge on any atom is -0.357 e. The summed E-state index contributed by atoms with van der Waals surface area (Å²) in [6.45, 7) is 13.5. The fraction of sp³-hybridized carbons (Fsp3) is 0.750. The van der Waals surface area contributed by atoms with E-state index in [0.29, 0.717) is 18.5 Å². The number of hydrogen-bond acceptors (Lipinski definition) is 4. The zero-order valence-electron chi connectivity index (χ0n) is 17.9. The quantitative estimate of drug-likeness (QED) is 0.325. The van der Waals surface area contributed by atoms with Crippen LogP contribution in [0, 0.1) is 19.8 Å². The van der Waals surface area contributed by atoms with Gasteiger partial charge in [-0.3, -0.25) is 4.79 Å². The Morgan fingerprint density at radius 2 is 1.89 bits per heavy atom. The van der Waals surface area contributed by atoms with Crippen LogP contribution in [0.15, 0.2) is 4.99 Å². The molecule has 0 unspecified atom stereocenters. The van der Waals surface area contributed by atoms with E-state index < -0.39 is 0 Å². The first-order chi connectivity index (χ1) is 13.0. The number of aryl methyl sites for hydroxylation is 2. The minimum absolute atomic E-state index is 0. The summed E-state index contributed by atoms with van der Waals surface area (Å²) in [4.78, 5) is 25.1. The molecule has 2 heterocycles. The lowest BCUT2D eigenvalue weighted by Gasteiger charge is -2.34. The molecule has 1 aliphatic heterocycles. The largest absolute Gasteiger partial charge is 0.357 e. The van der Waals surface area contributed by atoms with Crippen molar-refractivity contribution in [2.24, 2.45) is 10.9 Å². The number of aliphatic imine (C=N–C) groups is 1. The topological polar surface area (TPSA) is 69.6 Å². The maximum Gasteiger partial charge on any atom is 0.225 e. The highest BCUT2D eigenvalue weighted by molar-refractivity contribution is 14.0. The summed E-state index contributed by atoms with van der Waals surface area (Å²) in [6, 6.07) is 0.355. The Morgan fingerprint density at radius 1 is 1.25 bits per heavy atom. The second kappa shape index (κ2) is 12.6. The Kier molecular flexibility index (Phi) is 11.3. The Morgan fingerprint density at radius 3 is 2.39 bits per heavy atom. The third-order valence-electron chi connectivity index (χ3n) is 5.27. The van der Waals surface area contributed by atoms with Gasteiger partial charge >= 0.3 is 0 Å². The van der Waals surface area contributed by atoms with Crippen LogP contribution in [0.1, 0.15) is 62.0 Å². The fourth-order valence-corrected chi connectivity index (χ4v) is 4.27. The van der Waals surface area contributed by atoms with Gasteiger partial charge in [-0.15, -0.1) is 35.3 Å². The highest BCUT2D eigenvalue weighted by Crippen LogP contribution is 2.18. The lowest BCUT2D eigenvalue weighted by molar-refractivity contribution is -0.136. The molecule has 6 nitrogen and oxygen atoms in total. The lowest BCUT2D eigenvalue weighted by Crippen LogP contribution is -2.50. The molecule has 1 aromatic rings. The van der Waals surface area contributed by atoms with Crippen molar-refractivity contribution in [1.29, 1.82) is 0 Å². The van der Waals surface area contributed by atoms with Crippen molar-refractivity contribution < 1.29 is 4.79 Å². The molecule has 1 aliphatic rings. The van der Waals surface area contributed by atoms with Crippen LogP contribution in [0.25, 0.3) is 0 Å². The van der Waals surface area contributed by atoms with Crippen LogP contribution in [0.4, 0.5) is 0 Å². The molecule has 2 rings (SSSR count). The van der Waals surface area contributed by atoms with E-state index in [2.05, 4.69) is 43.3 Å². The van der Waals surface area contributed by atoms with Crippen molar-refractivity contribution in [3.05, 3.63) is 15.6 Å². The summed E-state index contributed by atoms with van der Waals surface area (Å²) in [5, 5.41) is 7.92. The Balaban J connectivity index is 0.00000392. The summed E-state index contributed by atoms with van der Waals surface area (Å²) < 4.78 is 0. The molecule has 1 saturated heterocycles. The van der Waals surface area contributed by atoms with Gasteiger partial charge in [-0.2, -0.15) is 0 Å². The van der Waals surface area contributed by atoms with Gasteiger partial charge in [0.05, 0.1) is 12.2 Å². The first-order valence-electron chi connectivity index (χ1n) is 10.2. The van der Waals surface area contributed by atoms with E-state index in [0.717, 1.165) is 62.0 Å². The van der Waals surface area contributed by atoms with Crippen LogP contribution < -0.4 is 10.6 Å². The number of carbonyl (C=O) groups excluding carboxylic acids is 1. The molecule has 0 atom stereocenters. The zero-order chi connectivity index (χ0) is 19.8. The van der Waals surface area contributed by atoms with E-state index in [1.807, 2.05) is 11.8 Å². The first kappa shape index (κ1) is 25.1. The van der Waals surface area contributed by atoms with Crippen LogP contribution in [0.3, 0.4) is 0 Å². The lowest BCUT2D eigenvalue weighted by atomic mass is 9.98. The first-order valence-corrected chi connectivity index (χ1v) is 11.1. The SMILES string of the molecule is CCNC(=NCc1nc(C)c(C)s1)NC1CCN(C(=O)C(CC)CC)CC1.I. The van der Waals surface area contributed by atoms with Crippen LogP contribution in [-0.2, 0) is 11.3 Å². The van der Waals surface area contributed by atoms with Gasteiger partial charge in [0.1, 0.15) is 5.01 Å². The summed E-state index contributed by atoms with van der Waals surface area (Å²) >= 11 is 1.71. The number of nitrogens with one attached hydrogen (secondary N) is 2. The van der Waals surface area contributed by atoms with Crippen molar-refractivity contribution in [1.82, 2.24) is 20.5 Å². The highest BCUT2D eigenvalue weighted by Gasteiger charge is 2.26. The number of guanidine groups is 1. The predicted molar refractivity (Wildman–Crippen MR) is 129 cm³/mol. The Labute approximate surface area is 191 Å². The highest BCUT2D eigenvalue weighted by atomic mass is 127. The average molecular weight is 522 g/mol. The van der Waals surface area contributed by atoms with Crippen molar-refractivity contribution >= 4 is 47.2 Å². The summed E-state index contributed by atoms with van der Waals surface area (Å²) in [7, 11) is 0. The van der Waals surface area contributed by atoms with E-state index in [-0.39, 0.29) is 29.9 Å². The molecular weight excluding hydrogens is 485 g/mol. The van der Waals surface area contributed by atoms with Crippen LogP contribution in [-0.4, -0.2) is 47.4 Å². The number of likely N-dealkylation sites (tertiary alicyclic amines) is 1. The number of amides is 1. The third-order valence-corrected chi connectivity index (χ3v) is 6.33. The number of thiazole rings is 1. The van der Waals surface area contributed by atoms with Gasteiger partial charge in [0.25, 0.3) is 0 Å². The van der Waals surface area contributed by atoms with Gasteiger partial charge in [-0.1, -0.05) is 13.8 Å². The molecule has 1 fully saturated rings. The van der Waals surface area contributed by atoms with Crippen molar-refractivity contribution in [2.75, 3.05) is 19.6 Å². The number of hydrogen-bond donors (Lipinski definition) is 2. The summed E-state index contributed by atoms with van der Waals surface area (Å²) in [6.07, 6.45) is 3.79. The Bertz CT molecular complexity index is 617. The molecule has 0 radical (unpaired) electrons. The fourth-order valence-electron chi connectivity index (χ4n) is 3.41. The monoisotopic (exact) mass is 521 g/mol. The van der Waals surface area contributed by atoms with E-state index in [9.17, 15) is 4.79 Å². The van der Waals surface area contributed by atoms with Crippen molar-refractivity contribution in [3.63, 3.8) is 0 Å². The second-order valence-electron chi connectivity index (χ2n) is 7.20.